The van der Waals surface area contributed by atoms with Crippen LogP contribution in [-0.4, -0.2) is 43.6 Å². The normalized spacial score (nSPS) is 12.0. The largest absolute Gasteiger partial charge is 0.372 e. The zero-order valence-corrected chi connectivity index (χ0v) is 13.9. The van der Waals surface area contributed by atoms with Gasteiger partial charge in [-0.15, -0.1) is 0 Å². The average molecular weight is 309 g/mol. The van der Waals surface area contributed by atoms with Gasteiger partial charge in [-0.3, -0.25) is 4.79 Å². The van der Waals surface area contributed by atoms with Crippen molar-refractivity contribution in [2.45, 2.75) is 25.8 Å². The van der Waals surface area contributed by atoms with Gasteiger partial charge in [0.15, 0.2) is 0 Å². The first-order valence-corrected chi connectivity index (χ1v) is 8.90. The molecule has 0 radical (unpaired) electrons. The van der Waals surface area contributed by atoms with Gasteiger partial charge in [0.1, 0.15) is 0 Å². The molecule has 1 aromatic carbocycles. The maximum Gasteiger partial charge on any atom is 0.236 e. The van der Waals surface area contributed by atoms with Crippen LogP contribution < -0.4 is 16.0 Å². The summed E-state index contributed by atoms with van der Waals surface area (Å²) in [6.45, 7) is 4.71. The molecule has 0 aliphatic carbocycles. The number of nitrogens with two attached hydrogens (primary N) is 1. The summed E-state index contributed by atoms with van der Waals surface area (Å²) in [5.41, 5.74) is 7.05. The van der Waals surface area contributed by atoms with Gasteiger partial charge < -0.3 is 16.0 Å². The van der Waals surface area contributed by atoms with E-state index in [1.165, 1.54) is 5.69 Å². The van der Waals surface area contributed by atoms with Crippen molar-refractivity contribution in [1.82, 2.24) is 5.32 Å². The number of nitrogens with zero attached hydrogens (tertiary/aromatic N) is 1. The highest BCUT2D eigenvalue weighted by molar-refractivity contribution is 7.98. The standard InChI is InChI=1S/C16H27N3OS/c1-3-19(14-8-5-4-6-9-14)12-7-11-18-16(20)15(17)10-13-21-2/h4-6,8-9,15H,3,7,10-13,17H2,1-2H3,(H,18,20)/t15-/m1/s1. The summed E-state index contributed by atoms with van der Waals surface area (Å²) in [5, 5.41) is 2.92. The highest BCUT2D eigenvalue weighted by atomic mass is 32.2. The molecular weight excluding hydrogens is 282 g/mol. The zero-order valence-electron chi connectivity index (χ0n) is 13.0. The minimum Gasteiger partial charge on any atom is -0.372 e. The van der Waals surface area contributed by atoms with Crippen LogP contribution in [0.3, 0.4) is 0 Å². The lowest BCUT2D eigenvalue weighted by Gasteiger charge is -2.23. The van der Waals surface area contributed by atoms with Crippen LogP contribution in [-0.2, 0) is 4.79 Å². The fraction of sp³-hybridized carbons (Fsp3) is 0.562. The summed E-state index contributed by atoms with van der Waals surface area (Å²) in [4.78, 5) is 14.1. The van der Waals surface area contributed by atoms with E-state index < -0.39 is 0 Å². The molecule has 1 amide bonds. The lowest BCUT2D eigenvalue weighted by atomic mass is 10.2. The highest BCUT2D eigenvalue weighted by Crippen LogP contribution is 2.12. The van der Waals surface area contributed by atoms with E-state index in [2.05, 4.69) is 29.3 Å². The van der Waals surface area contributed by atoms with Crippen molar-refractivity contribution in [3.63, 3.8) is 0 Å². The number of carbonyl (C=O) groups excluding carboxylic acids is 1. The van der Waals surface area contributed by atoms with E-state index in [1.54, 1.807) is 11.8 Å². The summed E-state index contributed by atoms with van der Waals surface area (Å²) < 4.78 is 0. The molecule has 1 rings (SSSR count). The van der Waals surface area contributed by atoms with E-state index in [1.807, 2.05) is 24.5 Å². The molecule has 21 heavy (non-hydrogen) atoms. The lowest BCUT2D eigenvalue weighted by molar-refractivity contribution is -0.122. The van der Waals surface area contributed by atoms with Gasteiger partial charge in [0, 0.05) is 25.3 Å². The van der Waals surface area contributed by atoms with E-state index in [0.717, 1.165) is 31.7 Å². The van der Waals surface area contributed by atoms with Gasteiger partial charge in [-0.05, 0) is 43.9 Å². The number of carbonyl (C=O) groups is 1. The number of hydrogen-bond acceptors (Lipinski definition) is 4. The highest BCUT2D eigenvalue weighted by Gasteiger charge is 2.12. The van der Waals surface area contributed by atoms with Gasteiger partial charge in [-0.25, -0.2) is 0 Å². The third-order valence-electron chi connectivity index (χ3n) is 3.38. The zero-order chi connectivity index (χ0) is 15.5. The molecule has 1 atom stereocenters. The van der Waals surface area contributed by atoms with E-state index in [4.69, 9.17) is 5.73 Å². The molecular formula is C16H27N3OS. The number of anilines is 1. The Hall–Kier alpha value is -1.20. The maximum atomic E-state index is 11.8. The fourth-order valence-corrected chi connectivity index (χ4v) is 2.59. The maximum absolute atomic E-state index is 11.8. The predicted molar refractivity (Wildman–Crippen MR) is 92.9 cm³/mol. The Morgan fingerprint density at radius 1 is 1.38 bits per heavy atom. The Kier molecular flexibility index (Phi) is 8.94. The van der Waals surface area contributed by atoms with Crippen LogP contribution in [0, 0.1) is 0 Å². The third kappa shape index (κ3) is 6.87. The van der Waals surface area contributed by atoms with E-state index >= 15 is 0 Å². The Morgan fingerprint density at radius 2 is 2.10 bits per heavy atom. The van der Waals surface area contributed by atoms with Crippen molar-refractivity contribution in [1.29, 1.82) is 0 Å². The summed E-state index contributed by atoms with van der Waals surface area (Å²) in [6, 6.07) is 9.96. The van der Waals surface area contributed by atoms with Gasteiger partial charge in [0.2, 0.25) is 5.91 Å². The molecule has 1 aromatic rings. The number of hydrogen-bond donors (Lipinski definition) is 2. The number of thioether (sulfide) groups is 1. The molecule has 5 heteroatoms. The van der Waals surface area contributed by atoms with E-state index in [9.17, 15) is 4.79 Å². The quantitative estimate of drug-likeness (QED) is 0.650. The Balaban J connectivity index is 2.25. The number of para-hydroxylation sites is 1. The minimum atomic E-state index is -0.381. The summed E-state index contributed by atoms with van der Waals surface area (Å²) in [7, 11) is 0. The van der Waals surface area contributed by atoms with E-state index in [0.29, 0.717) is 6.54 Å². The average Bonchev–Trinajstić information content (AvgIpc) is 2.53. The van der Waals surface area contributed by atoms with Gasteiger partial charge in [0.25, 0.3) is 0 Å². The van der Waals surface area contributed by atoms with Crippen molar-refractivity contribution in [3.05, 3.63) is 30.3 Å². The second-order valence-corrected chi connectivity index (χ2v) is 5.93. The van der Waals surface area contributed by atoms with Crippen molar-refractivity contribution < 1.29 is 4.79 Å². The van der Waals surface area contributed by atoms with Crippen LogP contribution in [0.25, 0.3) is 0 Å². The first kappa shape index (κ1) is 17.9. The Labute approximate surface area is 132 Å². The molecule has 0 saturated heterocycles. The van der Waals surface area contributed by atoms with Gasteiger partial charge in [0.05, 0.1) is 6.04 Å². The molecule has 0 bridgehead atoms. The first-order valence-electron chi connectivity index (χ1n) is 7.51. The molecule has 0 aliphatic rings. The molecule has 0 saturated carbocycles. The van der Waals surface area contributed by atoms with E-state index in [-0.39, 0.29) is 11.9 Å². The topological polar surface area (TPSA) is 58.4 Å². The van der Waals surface area contributed by atoms with Gasteiger partial charge in [-0.2, -0.15) is 11.8 Å². The van der Waals surface area contributed by atoms with Crippen LogP contribution in [0.1, 0.15) is 19.8 Å². The molecule has 3 N–H and O–H groups in total. The number of benzene rings is 1. The molecule has 0 unspecified atom stereocenters. The van der Waals surface area contributed by atoms with Crippen molar-refractivity contribution in [3.8, 4) is 0 Å². The second kappa shape index (κ2) is 10.5. The molecule has 0 spiro atoms. The Morgan fingerprint density at radius 3 is 2.71 bits per heavy atom. The number of rotatable bonds is 10. The first-order chi connectivity index (χ1) is 10.2. The molecule has 0 aromatic heterocycles. The molecule has 4 nitrogen and oxygen atoms in total. The fourth-order valence-electron chi connectivity index (χ4n) is 2.10. The van der Waals surface area contributed by atoms with Gasteiger partial charge >= 0.3 is 0 Å². The molecule has 0 aliphatic heterocycles. The molecule has 0 fully saturated rings. The van der Waals surface area contributed by atoms with Crippen LogP contribution in [0.5, 0.6) is 0 Å². The number of nitrogens with one attached hydrogen (secondary N) is 1. The summed E-state index contributed by atoms with van der Waals surface area (Å²) >= 11 is 1.71. The lowest BCUT2D eigenvalue weighted by Crippen LogP contribution is -2.41. The molecule has 0 heterocycles. The van der Waals surface area contributed by atoms with Gasteiger partial charge in [-0.1, -0.05) is 18.2 Å². The second-order valence-electron chi connectivity index (χ2n) is 4.95. The van der Waals surface area contributed by atoms with Crippen molar-refractivity contribution >= 4 is 23.4 Å². The summed E-state index contributed by atoms with van der Waals surface area (Å²) in [6.07, 6.45) is 3.68. The monoisotopic (exact) mass is 309 g/mol. The van der Waals surface area contributed by atoms with Crippen LogP contribution in [0.2, 0.25) is 0 Å². The smallest absolute Gasteiger partial charge is 0.236 e. The van der Waals surface area contributed by atoms with Crippen LogP contribution in [0.15, 0.2) is 30.3 Å². The predicted octanol–water partition coefficient (Wildman–Crippen LogP) is 2.10. The van der Waals surface area contributed by atoms with Crippen LogP contribution >= 0.6 is 11.8 Å². The minimum absolute atomic E-state index is 0.0354. The molecule has 118 valence electrons. The third-order valence-corrected chi connectivity index (χ3v) is 4.02. The SMILES string of the molecule is CCN(CCCNC(=O)[C@H](N)CCSC)c1ccccc1. The Bertz CT molecular complexity index is 400. The van der Waals surface area contributed by atoms with Crippen molar-refractivity contribution in [2.75, 3.05) is 36.5 Å². The number of amides is 1. The van der Waals surface area contributed by atoms with Crippen molar-refractivity contribution in [2.24, 2.45) is 5.73 Å². The van der Waals surface area contributed by atoms with Crippen LogP contribution in [0.4, 0.5) is 5.69 Å². The summed E-state index contributed by atoms with van der Waals surface area (Å²) in [5.74, 6) is 0.887.